The van der Waals surface area contributed by atoms with Crippen molar-refractivity contribution in [1.29, 1.82) is 0 Å². The Morgan fingerprint density at radius 1 is 0.402 bits per heavy atom. The lowest BCUT2D eigenvalue weighted by Gasteiger charge is -2.40. The Labute approximate surface area is 509 Å². The maximum absolute atomic E-state index is 13.1. The summed E-state index contributed by atoms with van der Waals surface area (Å²) in [6.07, 6.45) is 74.9. The zero-order valence-electron chi connectivity index (χ0n) is 54.8. The van der Waals surface area contributed by atoms with E-state index >= 15 is 0 Å². The molecule has 7 atom stereocenters. The molecule has 0 aromatic carbocycles. The smallest absolute Gasteiger partial charge is 0.220 e. The molecule has 6 N–H and O–H groups in total. The average Bonchev–Trinajstić information content (AvgIpc) is 3.59. The number of hydrogen-bond donors (Lipinski definition) is 6. The molecule has 0 aromatic rings. The molecule has 1 fully saturated rings. The van der Waals surface area contributed by atoms with Gasteiger partial charge in [-0.15, -0.1) is 0 Å². The van der Waals surface area contributed by atoms with Gasteiger partial charge in [0.1, 0.15) is 24.4 Å². The predicted octanol–water partition coefficient (Wildman–Crippen LogP) is 20.3. The van der Waals surface area contributed by atoms with Crippen molar-refractivity contribution in [3.63, 3.8) is 0 Å². The van der Waals surface area contributed by atoms with Crippen LogP contribution in [-0.4, -0.2) is 87.5 Å². The monoisotopic (exact) mass is 1160 g/mol. The molecule has 0 radical (unpaired) electrons. The Morgan fingerprint density at radius 3 is 0.951 bits per heavy atom. The van der Waals surface area contributed by atoms with E-state index in [4.69, 9.17) is 9.47 Å². The lowest BCUT2D eigenvalue weighted by atomic mass is 9.99. The molecule has 1 amide bonds. The van der Waals surface area contributed by atoms with Crippen LogP contribution in [0.1, 0.15) is 393 Å². The van der Waals surface area contributed by atoms with E-state index in [1.165, 1.54) is 334 Å². The van der Waals surface area contributed by atoms with Gasteiger partial charge in [0.2, 0.25) is 5.91 Å². The number of amides is 1. The molecule has 1 heterocycles. The van der Waals surface area contributed by atoms with Crippen molar-refractivity contribution >= 4 is 5.91 Å². The van der Waals surface area contributed by atoms with Gasteiger partial charge < -0.3 is 40.3 Å². The molecule has 1 aliphatic rings. The highest BCUT2D eigenvalue weighted by Gasteiger charge is 2.44. The third-order valence-electron chi connectivity index (χ3n) is 18.1. The Hall–Kier alpha value is -1.07. The number of carbonyl (C=O) groups excluding carboxylic acids is 1. The molecule has 0 aromatic heterocycles. The Bertz CT molecular complexity index is 1300. The Morgan fingerprint density at radius 2 is 0.671 bits per heavy atom. The fraction of sp³-hybridized carbons (Fsp3) is 0.959. The van der Waals surface area contributed by atoms with Gasteiger partial charge in [0.05, 0.1) is 25.4 Å². The SMILES string of the molecule is CCCCCCCCCCCCCCCCCCCCCCC/C=C/C(O)C(COC1OC(CO)C(O)C(O)C1O)NC(=O)CCCCCCCCCCCCCCCCCCCCCCCCCCCCCCCCCCCCCC. The maximum Gasteiger partial charge on any atom is 0.220 e. The van der Waals surface area contributed by atoms with Crippen molar-refractivity contribution in [1.82, 2.24) is 5.32 Å². The van der Waals surface area contributed by atoms with Gasteiger partial charge in [0, 0.05) is 6.42 Å². The molecule has 488 valence electrons. The van der Waals surface area contributed by atoms with E-state index in [2.05, 4.69) is 19.2 Å². The van der Waals surface area contributed by atoms with Crippen LogP contribution < -0.4 is 5.32 Å². The largest absolute Gasteiger partial charge is 0.394 e. The number of nitrogens with one attached hydrogen (secondary N) is 1. The highest BCUT2D eigenvalue weighted by Crippen LogP contribution is 2.24. The van der Waals surface area contributed by atoms with Gasteiger partial charge in [-0.1, -0.05) is 379 Å². The van der Waals surface area contributed by atoms with Gasteiger partial charge in [-0.2, -0.15) is 0 Å². The molecule has 0 spiro atoms. The lowest BCUT2D eigenvalue weighted by molar-refractivity contribution is -0.302. The Kier molecular flexibility index (Phi) is 60.6. The molecule has 82 heavy (non-hydrogen) atoms. The van der Waals surface area contributed by atoms with Crippen LogP contribution in [0.4, 0.5) is 0 Å². The van der Waals surface area contributed by atoms with E-state index in [1.54, 1.807) is 6.08 Å². The third kappa shape index (κ3) is 51.0. The zero-order valence-corrected chi connectivity index (χ0v) is 54.8. The summed E-state index contributed by atoms with van der Waals surface area (Å²) in [7, 11) is 0. The summed E-state index contributed by atoms with van der Waals surface area (Å²) in [4.78, 5) is 13.1. The third-order valence-corrected chi connectivity index (χ3v) is 18.1. The first-order valence-electron chi connectivity index (χ1n) is 36.9. The minimum absolute atomic E-state index is 0.166. The quantitative estimate of drug-likeness (QED) is 0.0261. The van der Waals surface area contributed by atoms with Crippen molar-refractivity contribution in [2.24, 2.45) is 0 Å². The summed E-state index contributed by atoms with van der Waals surface area (Å²) in [5.74, 6) is -0.166. The van der Waals surface area contributed by atoms with Crippen LogP contribution in [0.3, 0.4) is 0 Å². The second-order valence-corrected chi connectivity index (χ2v) is 26.1. The zero-order chi connectivity index (χ0) is 59.3. The van der Waals surface area contributed by atoms with Gasteiger partial charge >= 0.3 is 0 Å². The van der Waals surface area contributed by atoms with E-state index in [9.17, 15) is 30.3 Å². The summed E-state index contributed by atoms with van der Waals surface area (Å²) < 4.78 is 11.3. The van der Waals surface area contributed by atoms with Crippen molar-refractivity contribution in [3.05, 3.63) is 12.2 Å². The van der Waals surface area contributed by atoms with Crippen molar-refractivity contribution < 1.29 is 39.8 Å². The molecule has 9 heteroatoms. The fourth-order valence-corrected chi connectivity index (χ4v) is 12.3. The average molecular weight is 1160 g/mol. The molecule has 1 rings (SSSR count). The van der Waals surface area contributed by atoms with Gasteiger partial charge in [-0.05, 0) is 19.3 Å². The van der Waals surface area contributed by atoms with E-state index in [-0.39, 0.29) is 12.5 Å². The van der Waals surface area contributed by atoms with Gasteiger partial charge in [0.25, 0.3) is 0 Å². The van der Waals surface area contributed by atoms with E-state index in [0.717, 1.165) is 38.5 Å². The van der Waals surface area contributed by atoms with Crippen molar-refractivity contribution in [2.45, 2.75) is 436 Å². The van der Waals surface area contributed by atoms with E-state index in [1.807, 2.05) is 6.08 Å². The minimum Gasteiger partial charge on any atom is -0.394 e. The molecule has 9 nitrogen and oxygen atoms in total. The van der Waals surface area contributed by atoms with E-state index < -0.39 is 49.5 Å². The number of allylic oxidation sites excluding steroid dienone is 1. The lowest BCUT2D eigenvalue weighted by Crippen LogP contribution is -2.60. The molecule has 1 saturated heterocycles. The van der Waals surface area contributed by atoms with Crippen LogP contribution in [0.25, 0.3) is 0 Å². The first-order chi connectivity index (χ1) is 40.3. The van der Waals surface area contributed by atoms with Gasteiger partial charge in [-0.25, -0.2) is 0 Å². The van der Waals surface area contributed by atoms with Crippen molar-refractivity contribution in [3.8, 4) is 0 Å². The van der Waals surface area contributed by atoms with Crippen LogP contribution >= 0.6 is 0 Å². The highest BCUT2D eigenvalue weighted by atomic mass is 16.7. The number of ether oxygens (including phenoxy) is 2. The highest BCUT2D eigenvalue weighted by molar-refractivity contribution is 5.76. The van der Waals surface area contributed by atoms with Crippen LogP contribution in [0.15, 0.2) is 12.2 Å². The number of unbranched alkanes of at least 4 members (excludes halogenated alkanes) is 56. The molecule has 7 unspecified atom stereocenters. The summed E-state index contributed by atoms with van der Waals surface area (Å²) in [6.45, 7) is 3.85. The summed E-state index contributed by atoms with van der Waals surface area (Å²) >= 11 is 0. The van der Waals surface area contributed by atoms with Gasteiger partial charge in [-0.3, -0.25) is 4.79 Å². The number of aliphatic hydroxyl groups is 5. The normalized spacial score (nSPS) is 18.3. The predicted molar refractivity (Wildman–Crippen MR) is 351 cm³/mol. The molecule has 0 aliphatic carbocycles. The van der Waals surface area contributed by atoms with Gasteiger partial charge in [0.15, 0.2) is 6.29 Å². The topological polar surface area (TPSA) is 149 Å². The molecular formula is C73H143NO8. The first-order valence-corrected chi connectivity index (χ1v) is 36.9. The summed E-state index contributed by atoms with van der Waals surface area (Å²) in [5, 5.41) is 54.8. The van der Waals surface area contributed by atoms with E-state index in [0.29, 0.717) is 6.42 Å². The second kappa shape index (κ2) is 63.0. The summed E-state index contributed by atoms with van der Waals surface area (Å²) in [6, 6.07) is -0.802. The molecular weight excluding hydrogens is 1020 g/mol. The van der Waals surface area contributed by atoms with Crippen LogP contribution in [0, 0.1) is 0 Å². The fourth-order valence-electron chi connectivity index (χ4n) is 12.3. The minimum atomic E-state index is -1.56. The maximum atomic E-state index is 13.1. The summed E-state index contributed by atoms with van der Waals surface area (Å²) in [5.41, 5.74) is 0. The van der Waals surface area contributed by atoms with Crippen LogP contribution in [-0.2, 0) is 14.3 Å². The number of carbonyl (C=O) groups is 1. The first kappa shape index (κ1) is 78.9. The molecule has 1 aliphatic heterocycles. The molecule has 0 bridgehead atoms. The van der Waals surface area contributed by atoms with Crippen LogP contribution in [0.5, 0.6) is 0 Å². The standard InChI is InChI=1S/C73H143NO8/c1-3-5-7-9-11-13-15-17-19-21-23-25-27-28-29-30-31-32-33-34-35-36-37-38-39-41-43-45-47-49-51-53-55-57-59-61-63-69(77)74-66(65-81-73-72(80)71(79)70(78)68(64-75)82-73)67(76)62-60-58-56-54-52-50-48-46-44-42-40-26-24-22-20-18-16-14-12-10-8-6-4-2/h60,62,66-68,70-73,75-76,78-80H,3-59,61,63-65H2,1-2H3,(H,74,77)/b62-60+. The number of hydrogen-bond acceptors (Lipinski definition) is 8. The Balaban J connectivity index is 2.06. The second-order valence-electron chi connectivity index (χ2n) is 26.1. The van der Waals surface area contributed by atoms with Crippen molar-refractivity contribution in [2.75, 3.05) is 13.2 Å². The number of aliphatic hydroxyl groups excluding tert-OH is 5. The number of rotatable bonds is 66. The van der Waals surface area contributed by atoms with Crippen LogP contribution in [0.2, 0.25) is 0 Å². The molecule has 0 saturated carbocycles.